The van der Waals surface area contributed by atoms with Crippen LogP contribution in [-0.2, 0) is 0 Å². The van der Waals surface area contributed by atoms with Crippen molar-refractivity contribution in [2.24, 2.45) is 0 Å². The molecule has 1 aromatic carbocycles. The smallest absolute Gasteiger partial charge is 0.322 e. The van der Waals surface area contributed by atoms with Crippen molar-refractivity contribution >= 4 is 34.5 Å². The highest BCUT2D eigenvalue weighted by Crippen LogP contribution is 2.18. The quantitative estimate of drug-likeness (QED) is 0.694. The monoisotopic (exact) mass is 392 g/mol. The first-order valence-corrected chi connectivity index (χ1v) is 7.13. The van der Waals surface area contributed by atoms with Crippen LogP contribution in [0.15, 0.2) is 53.1 Å². The molecule has 0 atom stereocenters. The molecule has 7 heteroatoms. The molecule has 104 valence electrons. The summed E-state index contributed by atoms with van der Waals surface area (Å²) in [4.78, 5) is 16.2. The van der Waals surface area contributed by atoms with Gasteiger partial charge < -0.3 is 4.42 Å². The van der Waals surface area contributed by atoms with Crippen molar-refractivity contribution in [3.05, 3.63) is 57.8 Å². The Labute approximate surface area is 133 Å². The van der Waals surface area contributed by atoms with E-state index >= 15 is 0 Å². The molecule has 0 saturated carbocycles. The summed E-state index contributed by atoms with van der Waals surface area (Å²) in [6.07, 6.45) is 1.63. The highest BCUT2D eigenvalue weighted by Gasteiger charge is 2.14. The molecule has 0 radical (unpaired) electrons. The number of nitrogens with zero attached hydrogens (tertiary/aromatic N) is 3. The maximum Gasteiger partial charge on any atom is 0.322 e. The van der Waals surface area contributed by atoms with Crippen molar-refractivity contribution in [2.75, 3.05) is 5.32 Å². The van der Waals surface area contributed by atoms with Crippen LogP contribution in [0.4, 0.5) is 6.01 Å². The van der Waals surface area contributed by atoms with E-state index in [0.717, 1.165) is 3.57 Å². The zero-order valence-electron chi connectivity index (χ0n) is 10.7. The molecule has 3 rings (SSSR count). The zero-order valence-corrected chi connectivity index (χ0v) is 12.8. The van der Waals surface area contributed by atoms with E-state index in [-0.39, 0.29) is 17.8 Å². The van der Waals surface area contributed by atoms with E-state index in [1.165, 1.54) is 0 Å². The summed E-state index contributed by atoms with van der Waals surface area (Å²) < 4.78 is 6.23. The van der Waals surface area contributed by atoms with Crippen LogP contribution >= 0.6 is 22.6 Å². The van der Waals surface area contributed by atoms with Gasteiger partial charge in [-0.05, 0) is 46.9 Å². The van der Waals surface area contributed by atoms with Gasteiger partial charge in [-0.15, -0.1) is 5.10 Å². The normalized spacial score (nSPS) is 10.3. The SMILES string of the molecule is O=C(Nc1nnc(-c2ccccn2)o1)c1ccccc1I. The van der Waals surface area contributed by atoms with Crippen molar-refractivity contribution in [3.8, 4) is 11.6 Å². The van der Waals surface area contributed by atoms with Gasteiger partial charge in [0.15, 0.2) is 0 Å². The Morgan fingerprint density at radius 2 is 1.90 bits per heavy atom. The number of rotatable bonds is 3. The third-order valence-electron chi connectivity index (χ3n) is 2.65. The van der Waals surface area contributed by atoms with Crippen LogP contribution in [0.25, 0.3) is 11.6 Å². The van der Waals surface area contributed by atoms with E-state index in [9.17, 15) is 4.79 Å². The minimum atomic E-state index is -0.295. The zero-order chi connectivity index (χ0) is 14.7. The van der Waals surface area contributed by atoms with E-state index < -0.39 is 0 Å². The minimum Gasteiger partial charge on any atom is -0.401 e. The molecule has 0 unspecified atom stereocenters. The van der Waals surface area contributed by atoms with Crippen LogP contribution in [-0.4, -0.2) is 21.1 Å². The largest absolute Gasteiger partial charge is 0.401 e. The average molecular weight is 392 g/mol. The highest BCUT2D eigenvalue weighted by atomic mass is 127. The van der Waals surface area contributed by atoms with Crippen LogP contribution in [0.2, 0.25) is 0 Å². The van der Waals surface area contributed by atoms with Gasteiger partial charge in [-0.3, -0.25) is 15.1 Å². The molecule has 0 bridgehead atoms. The van der Waals surface area contributed by atoms with Gasteiger partial charge >= 0.3 is 6.01 Å². The lowest BCUT2D eigenvalue weighted by Gasteiger charge is -2.02. The first-order chi connectivity index (χ1) is 10.2. The van der Waals surface area contributed by atoms with Crippen LogP contribution < -0.4 is 5.32 Å². The molecular formula is C14H9IN4O2. The van der Waals surface area contributed by atoms with Gasteiger partial charge in [0, 0.05) is 9.77 Å². The molecule has 0 saturated heterocycles. The number of halogens is 1. The number of amides is 1. The van der Waals surface area contributed by atoms with Gasteiger partial charge in [0.25, 0.3) is 11.8 Å². The van der Waals surface area contributed by atoms with Crippen LogP contribution in [0.3, 0.4) is 0 Å². The molecule has 2 heterocycles. The van der Waals surface area contributed by atoms with Gasteiger partial charge in [-0.1, -0.05) is 23.3 Å². The number of nitrogens with one attached hydrogen (secondary N) is 1. The van der Waals surface area contributed by atoms with Crippen molar-refractivity contribution in [2.45, 2.75) is 0 Å². The average Bonchev–Trinajstić information content (AvgIpc) is 2.97. The minimum absolute atomic E-state index is 0.0420. The Morgan fingerprint density at radius 1 is 1.10 bits per heavy atom. The Morgan fingerprint density at radius 3 is 2.67 bits per heavy atom. The maximum atomic E-state index is 12.1. The molecular weight excluding hydrogens is 383 g/mol. The summed E-state index contributed by atoms with van der Waals surface area (Å²) in [6, 6.07) is 12.6. The first kappa shape index (κ1) is 13.7. The fourth-order valence-electron chi connectivity index (χ4n) is 1.68. The van der Waals surface area contributed by atoms with Crippen molar-refractivity contribution in [3.63, 3.8) is 0 Å². The molecule has 1 N–H and O–H groups in total. The summed E-state index contributed by atoms with van der Waals surface area (Å²) in [6.45, 7) is 0. The molecule has 0 aliphatic heterocycles. The van der Waals surface area contributed by atoms with Crippen molar-refractivity contribution in [1.29, 1.82) is 0 Å². The van der Waals surface area contributed by atoms with E-state index in [4.69, 9.17) is 4.42 Å². The molecule has 21 heavy (non-hydrogen) atoms. The number of anilines is 1. The standard InChI is InChI=1S/C14H9IN4O2/c15-10-6-2-1-5-9(10)12(20)17-14-19-18-13(21-14)11-7-3-4-8-16-11/h1-8H,(H,17,19,20). The number of aromatic nitrogens is 3. The molecule has 3 aromatic rings. The lowest BCUT2D eigenvalue weighted by Crippen LogP contribution is -2.13. The third-order valence-corrected chi connectivity index (χ3v) is 3.59. The number of carbonyl (C=O) groups is 1. The second kappa shape index (κ2) is 6.00. The Kier molecular flexibility index (Phi) is 3.91. The predicted molar refractivity (Wildman–Crippen MR) is 84.6 cm³/mol. The first-order valence-electron chi connectivity index (χ1n) is 6.05. The fraction of sp³-hybridized carbons (Fsp3) is 0. The van der Waals surface area contributed by atoms with Gasteiger partial charge in [0.05, 0.1) is 5.56 Å². The number of carbonyl (C=O) groups excluding carboxylic acids is 1. The summed E-state index contributed by atoms with van der Waals surface area (Å²) in [5, 5.41) is 10.2. The third kappa shape index (κ3) is 3.07. The second-order valence-electron chi connectivity index (χ2n) is 4.06. The topological polar surface area (TPSA) is 80.9 Å². The highest BCUT2D eigenvalue weighted by molar-refractivity contribution is 14.1. The lowest BCUT2D eigenvalue weighted by atomic mass is 10.2. The van der Waals surface area contributed by atoms with Crippen molar-refractivity contribution < 1.29 is 9.21 Å². The fourth-order valence-corrected chi connectivity index (χ4v) is 2.31. The molecule has 0 aliphatic carbocycles. The van der Waals surface area contributed by atoms with Crippen LogP contribution in [0.5, 0.6) is 0 Å². The van der Waals surface area contributed by atoms with E-state index in [2.05, 4.69) is 43.1 Å². The summed E-state index contributed by atoms with van der Waals surface area (Å²) in [7, 11) is 0. The Bertz CT molecular complexity index is 773. The maximum absolute atomic E-state index is 12.1. The van der Waals surface area contributed by atoms with E-state index in [0.29, 0.717) is 11.3 Å². The van der Waals surface area contributed by atoms with Gasteiger partial charge in [-0.25, -0.2) is 0 Å². The van der Waals surface area contributed by atoms with Crippen molar-refractivity contribution in [1.82, 2.24) is 15.2 Å². The number of hydrogen-bond donors (Lipinski definition) is 1. The lowest BCUT2D eigenvalue weighted by molar-refractivity contribution is 0.102. The van der Waals surface area contributed by atoms with Gasteiger partial charge in [0.1, 0.15) is 5.69 Å². The van der Waals surface area contributed by atoms with Gasteiger partial charge in [-0.2, -0.15) is 0 Å². The summed E-state index contributed by atoms with van der Waals surface area (Å²) >= 11 is 2.10. The van der Waals surface area contributed by atoms with Gasteiger partial charge in [0.2, 0.25) is 0 Å². The number of benzene rings is 1. The molecule has 0 aliphatic rings. The molecule has 1 amide bonds. The Balaban J connectivity index is 1.79. The number of pyridine rings is 1. The van der Waals surface area contributed by atoms with Crippen LogP contribution in [0, 0.1) is 3.57 Å². The predicted octanol–water partition coefficient (Wildman–Crippen LogP) is 2.99. The van der Waals surface area contributed by atoms with E-state index in [1.54, 1.807) is 30.5 Å². The second-order valence-corrected chi connectivity index (χ2v) is 5.22. The molecule has 0 spiro atoms. The Hall–Kier alpha value is -2.29. The number of hydrogen-bond acceptors (Lipinski definition) is 5. The summed E-state index contributed by atoms with van der Waals surface area (Å²) in [5.74, 6) is -0.0371. The van der Waals surface area contributed by atoms with Crippen LogP contribution in [0.1, 0.15) is 10.4 Å². The summed E-state index contributed by atoms with van der Waals surface area (Å²) in [5.41, 5.74) is 1.11. The molecule has 0 fully saturated rings. The molecule has 6 nitrogen and oxygen atoms in total. The van der Waals surface area contributed by atoms with E-state index in [1.807, 2.05) is 18.2 Å². The molecule has 2 aromatic heterocycles.